The first-order valence-electron chi connectivity index (χ1n) is 21.5. The van der Waals surface area contributed by atoms with Crippen LogP contribution in [0.15, 0.2) is 60.8 Å². The van der Waals surface area contributed by atoms with Crippen LogP contribution in [0.3, 0.4) is 0 Å². The van der Waals surface area contributed by atoms with Crippen LogP contribution in [0.25, 0.3) is 10.9 Å². The average Bonchev–Trinajstić information content (AvgIpc) is 3.59. The molecule has 3 saturated heterocycles. The molecule has 9 rings (SSSR count). The van der Waals surface area contributed by atoms with Crippen molar-refractivity contribution in [2.75, 3.05) is 55.6 Å². The summed E-state index contributed by atoms with van der Waals surface area (Å²) in [6.07, 6.45) is 3.44. The highest BCUT2D eigenvalue weighted by Crippen LogP contribution is 2.56. The number of amides is 3. The molecule has 4 fully saturated rings. The molecule has 2 atom stereocenters. The first-order chi connectivity index (χ1) is 29.3. The summed E-state index contributed by atoms with van der Waals surface area (Å²) in [6.45, 7) is 15.5. The molecule has 0 spiro atoms. The number of pyridine rings is 1. The number of nitriles is 1. The number of ether oxygens (including phenoxy) is 1. The maximum atomic E-state index is 13.5. The minimum absolute atomic E-state index is 0.183. The van der Waals surface area contributed by atoms with E-state index in [2.05, 4.69) is 86.4 Å². The number of rotatable bonds is 9. The van der Waals surface area contributed by atoms with Gasteiger partial charge in [0.2, 0.25) is 11.8 Å². The van der Waals surface area contributed by atoms with Gasteiger partial charge in [0, 0.05) is 98.5 Å². The van der Waals surface area contributed by atoms with Crippen molar-refractivity contribution >= 4 is 40.1 Å². The number of anilines is 2. The first kappa shape index (κ1) is 40.7. The number of benzene rings is 2. The normalized spacial score (nSPS) is 25.4. The Balaban J connectivity index is 0.733. The number of imide groups is 1. The van der Waals surface area contributed by atoms with Gasteiger partial charge < -0.3 is 25.0 Å². The van der Waals surface area contributed by atoms with Crippen molar-refractivity contribution in [2.24, 2.45) is 16.7 Å². The van der Waals surface area contributed by atoms with Crippen LogP contribution in [0.4, 0.5) is 11.5 Å². The van der Waals surface area contributed by atoms with E-state index >= 15 is 0 Å². The summed E-state index contributed by atoms with van der Waals surface area (Å²) in [5.41, 5.74) is 3.60. The van der Waals surface area contributed by atoms with Crippen LogP contribution in [0, 0.1) is 28.1 Å². The van der Waals surface area contributed by atoms with E-state index in [4.69, 9.17) is 4.74 Å². The van der Waals surface area contributed by atoms with Gasteiger partial charge in [0.05, 0.1) is 17.1 Å². The molecule has 4 aromatic rings. The highest BCUT2D eigenvalue weighted by atomic mass is 16.5. The fourth-order valence-electron chi connectivity index (χ4n) is 10.9. The number of carbonyl (C=O) groups is 3. The largest absolute Gasteiger partial charge is 0.488 e. The topological polar surface area (TPSA) is 180 Å². The summed E-state index contributed by atoms with van der Waals surface area (Å²) in [4.78, 5) is 51.2. The predicted octanol–water partition coefficient (Wildman–Crippen LogP) is 4.16. The lowest BCUT2D eigenvalue weighted by molar-refractivity contribution is -0.163. The van der Waals surface area contributed by atoms with E-state index < -0.39 is 23.1 Å². The number of aromatic nitrogens is 3. The van der Waals surface area contributed by atoms with Gasteiger partial charge in [0.1, 0.15) is 24.2 Å². The molecule has 318 valence electrons. The van der Waals surface area contributed by atoms with Crippen molar-refractivity contribution < 1.29 is 24.2 Å². The maximum absolute atomic E-state index is 13.5. The Morgan fingerprint density at radius 3 is 2.43 bits per heavy atom. The second kappa shape index (κ2) is 16.0. The number of piperidine rings is 2. The molecule has 5 aliphatic rings. The van der Waals surface area contributed by atoms with E-state index in [0.29, 0.717) is 35.7 Å². The molecule has 0 radical (unpaired) electrons. The van der Waals surface area contributed by atoms with Gasteiger partial charge in [-0.05, 0) is 79.3 Å². The molecule has 2 aromatic heterocycles. The summed E-state index contributed by atoms with van der Waals surface area (Å²) in [5, 5.41) is 35.9. The predicted molar refractivity (Wildman–Crippen MR) is 228 cm³/mol. The number of nitrogens with one attached hydrogen (secondary N) is 2. The third-order valence-electron chi connectivity index (χ3n) is 14.0. The molecule has 2 aromatic carbocycles. The average molecular weight is 827 g/mol. The van der Waals surface area contributed by atoms with Crippen molar-refractivity contribution in [3.05, 3.63) is 83.2 Å². The molecule has 1 saturated carbocycles. The molecule has 3 N–H and O–H groups in total. The van der Waals surface area contributed by atoms with Crippen LogP contribution in [-0.2, 0) is 16.1 Å². The van der Waals surface area contributed by atoms with Crippen LogP contribution in [0.5, 0.6) is 5.75 Å². The van der Waals surface area contributed by atoms with Gasteiger partial charge in [-0.15, -0.1) is 10.2 Å². The summed E-state index contributed by atoms with van der Waals surface area (Å²) < 4.78 is 6.64. The molecular formula is C46H54N10O5. The lowest BCUT2D eigenvalue weighted by atomic mass is 9.49. The Kier molecular flexibility index (Phi) is 10.7. The molecule has 3 amide bonds. The SMILES string of the molecule is CC1(C)C(NC(=O)c2ccc(N3CCC(CN4CCN(c5ccc6c(c5)CN([C@H]5CCC(=O)NC5=O)C6O)CC4)CC3)nn2)C(C)(C)C1Oc1ccc(C#N)c2ncccc12. The van der Waals surface area contributed by atoms with E-state index in [9.17, 15) is 24.8 Å². The number of aliphatic hydroxyl groups is 1. The van der Waals surface area contributed by atoms with Crippen LogP contribution in [-0.4, -0.2) is 112 Å². The van der Waals surface area contributed by atoms with Gasteiger partial charge in [-0.2, -0.15) is 5.26 Å². The minimum Gasteiger partial charge on any atom is -0.488 e. The highest BCUT2D eigenvalue weighted by molar-refractivity contribution is 6.00. The lowest BCUT2D eigenvalue weighted by Crippen LogP contribution is -2.74. The Bertz CT molecular complexity index is 2370. The molecule has 15 nitrogen and oxygen atoms in total. The molecule has 6 heterocycles. The van der Waals surface area contributed by atoms with E-state index in [-0.39, 0.29) is 42.0 Å². The summed E-state index contributed by atoms with van der Waals surface area (Å²) >= 11 is 0. The fourth-order valence-corrected chi connectivity index (χ4v) is 10.9. The number of aliphatic hydroxyl groups excluding tert-OH is 1. The third kappa shape index (κ3) is 7.55. The van der Waals surface area contributed by atoms with Crippen molar-refractivity contribution in [3.63, 3.8) is 0 Å². The second-order valence-electron chi connectivity index (χ2n) is 18.6. The Hall–Kier alpha value is -5.69. The molecule has 15 heteroatoms. The fraction of sp³-hybridized carbons (Fsp3) is 0.500. The van der Waals surface area contributed by atoms with E-state index in [1.54, 1.807) is 23.2 Å². The molecule has 1 aliphatic carbocycles. The van der Waals surface area contributed by atoms with Crippen molar-refractivity contribution in [3.8, 4) is 11.8 Å². The van der Waals surface area contributed by atoms with Crippen LogP contribution >= 0.6 is 0 Å². The van der Waals surface area contributed by atoms with Gasteiger partial charge in [0.25, 0.3) is 5.91 Å². The lowest BCUT2D eigenvalue weighted by Gasteiger charge is -2.63. The van der Waals surface area contributed by atoms with Gasteiger partial charge in [-0.25, -0.2) is 0 Å². The molecule has 0 bridgehead atoms. The Labute approximate surface area is 356 Å². The number of hydrogen-bond acceptors (Lipinski definition) is 13. The third-order valence-corrected chi connectivity index (χ3v) is 14.0. The van der Waals surface area contributed by atoms with E-state index in [1.165, 1.54) is 0 Å². The maximum Gasteiger partial charge on any atom is 0.272 e. The van der Waals surface area contributed by atoms with Crippen molar-refractivity contribution in [1.29, 1.82) is 5.26 Å². The minimum atomic E-state index is -0.855. The van der Waals surface area contributed by atoms with Crippen molar-refractivity contribution in [2.45, 2.75) is 84.3 Å². The summed E-state index contributed by atoms with van der Waals surface area (Å²) in [6, 6.07) is 18.7. The van der Waals surface area contributed by atoms with E-state index in [1.807, 2.05) is 30.3 Å². The number of hydrogen-bond donors (Lipinski definition) is 3. The van der Waals surface area contributed by atoms with Crippen LogP contribution < -0.4 is 25.2 Å². The Morgan fingerprint density at radius 2 is 1.72 bits per heavy atom. The number of carbonyl (C=O) groups excluding carboxylic acids is 3. The zero-order valence-corrected chi connectivity index (χ0v) is 35.3. The number of nitrogens with zero attached hydrogens (tertiary/aromatic N) is 8. The van der Waals surface area contributed by atoms with Gasteiger partial charge in [-0.3, -0.25) is 34.5 Å². The van der Waals surface area contributed by atoms with Gasteiger partial charge in [0.15, 0.2) is 11.5 Å². The number of fused-ring (bicyclic) bond motifs is 2. The second-order valence-corrected chi connectivity index (χ2v) is 18.6. The molecule has 1 unspecified atom stereocenters. The monoisotopic (exact) mass is 826 g/mol. The molecule has 61 heavy (non-hydrogen) atoms. The summed E-state index contributed by atoms with van der Waals surface area (Å²) in [5.74, 6) is 1.20. The number of piperazine rings is 1. The first-order valence-corrected chi connectivity index (χ1v) is 21.5. The zero-order valence-electron chi connectivity index (χ0n) is 35.3. The van der Waals surface area contributed by atoms with Crippen LogP contribution in [0.2, 0.25) is 0 Å². The smallest absolute Gasteiger partial charge is 0.272 e. The van der Waals surface area contributed by atoms with Crippen molar-refractivity contribution in [1.82, 2.24) is 35.6 Å². The van der Waals surface area contributed by atoms with Crippen LogP contribution in [0.1, 0.15) is 86.8 Å². The molecular weight excluding hydrogens is 773 g/mol. The van der Waals surface area contributed by atoms with Gasteiger partial charge in [-0.1, -0.05) is 33.8 Å². The standard InChI is InChI=1S/C46H54N10O5/c1-45(2)43(46(3,4)44(45)61-36-12-7-29(25-47)39-33(36)6-5-17-48-39)50-40(58)34-10-13-37(52-51-34)55-18-15-28(16-19-55)26-53-20-22-54(23-21-53)31-8-9-32-30(24-31)27-56(42(32)60)35-11-14-38(57)49-41(35)59/h5-10,12-13,17,24,28,35,42-44,60H,11,14-16,18-23,26-27H2,1-4H3,(H,50,58)(H,49,57,59)/t35-,42?,43?,44?/m0/s1. The summed E-state index contributed by atoms with van der Waals surface area (Å²) in [7, 11) is 0. The van der Waals surface area contributed by atoms with E-state index in [0.717, 1.165) is 86.7 Å². The molecule has 4 aliphatic heterocycles. The highest BCUT2D eigenvalue weighted by Gasteiger charge is 2.64. The zero-order chi connectivity index (χ0) is 42.6. The quantitative estimate of drug-likeness (QED) is 0.205. The van der Waals surface area contributed by atoms with Gasteiger partial charge >= 0.3 is 0 Å². The Morgan fingerprint density at radius 1 is 0.951 bits per heavy atom.